The molecular formula is C19H23F2NO2. The van der Waals surface area contributed by atoms with Gasteiger partial charge in [-0.05, 0) is 62.2 Å². The molecule has 1 atom stereocenters. The van der Waals surface area contributed by atoms with Crippen molar-refractivity contribution in [1.29, 1.82) is 0 Å². The smallest absolute Gasteiger partial charge is 0.126 e. The van der Waals surface area contributed by atoms with Crippen molar-refractivity contribution < 1.29 is 18.3 Å². The number of rotatable bonds is 8. The summed E-state index contributed by atoms with van der Waals surface area (Å²) in [5.41, 5.74) is 6.99. The molecule has 0 fully saturated rings. The highest BCUT2D eigenvalue weighted by atomic mass is 19.1. The van der Waals surface area contributed by atoms with Crippen LogP contribution in [0.2, 0.25) is 0 Å². The third kappa shape index (κ3) is 4.45. The third-order valence-electron chi connectivity index (χ3n) is 3.80. The summed E-state index contributed by atoms with van der Waals surface area (Å²) in [5, 5.41) is 0. The first-order valence-electron chi connectivity index (χ1n) is 8.12. The minimum absolute atomic E-state index is 0.207. The predicted molar refractivity (Wildman–Crippen MR) is 90.6 cm³/mol. The lowest BCUT2D eigenvalue weighted by Crippen LogP contribution is -2.17. The van der Waals surface area contributed by atoms with Gasteiger partial charge in [-0.1, -0.05) is 6.07 Å². The van der Waals surface area contributed by atoms with Crippen LogP contribution in [0.4, 0.5) is 8.78 Å². The molecule has 0 amide bonds. The molecule has 130 valence electrons. The van der Waals surface area contributed by atoms with Gasteiger partial charge in [-0.3, -0.25) is 0 Å². The minimum atomic E-state index is -0.471. The van der Waals surface area contributed by atoms with Crippen LogP contribution in [0.5, 0.6) is 11.5 Å². The lowest BCUT2D eigenvalue weighted by Gasteiger charge is -2.19. The fourth-order valence-electron chi connectivity index (χ4n) is 2.66. The fourth-order valence-corrected chi connectivity index (χ4v) is 2.66. The Hall–Kier alpha value is -2.14. The fraction of sp³-hybridized carbons (Fsp3) is 0.368. The third-order valence-corrected chi connectivity index (χ3v) is 3.80. The maximum Gasteiger partial charge on any atom is 0.126 e. The maximum absolute atomic E-state index is 14.0. The standard InChI is InChI=1S/C19H23F2NO2/c1-3-23-16-7-5-13(19(11-16)24-4-2)9-14(12-22)17-10-15(20)6-8-18(17)21/h5-8,10-11,14H,3-4,9,12,22H2,1-2H3. The number of nitrogens with two attached hydrogens (primary N) is 1. The van der Waals surface area contributed by atoms with Crippen LogP contribution in [0.1, 0.15) is 30.9 Å². The summed E-state index contributed by atoms with van der Waals surface area (Å²) in [5.74, 6) is 0.139. The van der Waals surface area contributed by atoms with Gasteiger partial charge in [0.05, 0.1) is 13.2 Å². The van der Waals surface area contributed by atoms with E-state index in [0.717, 1.165) is 17.7 Å². The van der Waals surface area contributed by atoms with E-state index in [4.69, 9.17) is 15.2 Å². The van der Waals surface area contributed by atoms with E-state index in [1.807, 2.05) is 32.0 Å². The summed E-state index contributed by atoms with van der Waals surface area (Å²) in [4.78, 5) is 0. The average molecular weight is 335 g/mol. The van der Waals surface area contributed by atoms with E-state index in [-0.39, 0.29) is 18.0 Å². The Morgan fingerprint density at radius 3 is 2.42 bits per heavy atom. The van der Waals surface area contributed by atoms with Gasteiger partial charge in [-0.25, -0.2) is 8.78 Å². The van der Waals surface area contributed by atoms with Gasteiger partial charge < -0.3 is 15.2 Å². The Morgan fingerprint density at radius 2 is 1.75 bits per heavy atom. The van der Waals surface area contributed by atoms with Crippen molar-refractivity contribution in [3.8, 4) is 11.5 Å². The lowest BCUT2D eigenvalue weighted by atomic mass is 9.91. The Morgan fingerprint density at radius 1 is 1.00 bits per heavy atom. The molecule has 1 unspecified atom stereocenters. The van der Waals surface area contributed by atoms with E-state index < -0.39 is 11.6 Å². The quantitative estimate of drug-likeness (QED) is 0.791. The van der Waals surface area contributed by atoms with Crippen LogP contribution < -0.4 is 15.2 Å². The van der Waals surface area contributed by atoms with Crippen LogP contribution in [0.15, 0.2) is 36.4 Å². The van der Waals surface area contributed by atoms with Crippen LogP contribution in [0, 0.1) is 11.6 Å². The Balaban J connectivity index is 2.31. The molecule has 2 aromatic carbocycles. The highest BCUT2D eigenvalue weighted by molar-refractivity contribution is 5.42. The molecule has 0 aliphatic carbocycles. The summed E-state index contributed by atoms with van der Waals surface area (Å²) < 4.78 is 38.7. The van der Waals surface area contributed by atoms with Crippen LogP contribution in [-0.4, -0.2) is 19.8 Å². The Bertz CT molecular complexity index is 676. The molecule has 0 heterocycles. The number of hydrogen-bond donors (Lipinski definition) is 1. The first-order chi connectivity index (χ1) is 11.6. The van der Waals surface area contributed by atoms with Gasteiger partial charge in [0.2, 0.25) is 0 Å². The SMILES string of the molecule is CCOc1ccc(CC(CN)c2cc(F)ccc2F)c(OCC)c1. The van der Waals surface area contributed by atoms with Crippen molar-refractivity contribution in [1.82, 2.24) is 0 Å². The number of ether oxygens (including phenoxy) is 2. The molecule has 2 N–H and O–H groups in total. The molecule has 0 saturated heterocycles. The minimum Gasteiger partial charge on any atom is -0.494 e. The highest BCUT2D eigenvalue weighted by Gasteiger charge is 2.18. The largest absolute Gasteiger partial charge is 0.494 e. The van der Waals surface area contributed by atoms with Gasteiger partial charge in [0.15, 0.2) is 0 Å². The molecule has 0 aromatic heterocycles. The van der Waals surface area contributed by atoms with E-state index in [2.05, 4.69) is 0 Å². The first kappa shape index (κ1) is 18.2. The van der Waals surface area contributed by atoms with Crippen LogP contribution in [0.25, 0.3) is 0 Å². The zero-order valence-electron chi connectivity index (χ0n) is 14.0. The van der Waals surface area contributed by atoms with Crippen LogP contribution in [-0.2, 0) is 6.42 Å². The van der Waals surface area contributed by atoms with Crippen molar-refractivity contribution >= 4 is 0 Å². The zero-order valence-corrected chi connectivity index (χ0v) is 14.0. The van der Waals surface area contributed by atoms with Gasteiger partial charge in [0.25, 0.3) is 0 Å². The summed E-state index contributed by atoms with van der Waals surface area (Å²) in [6.45, 7) is 5.07. The second-order valence-electron chi connectivity index (χ2n) is 5.44. The summed E-state index contributed by atoms with van der Waals surface area (Å²) in [6, 6.07) is 9.00. The molecule has 2 rings (SSSR count). The second kappa shape index (κ2) is 8.64. The molecule has 24 heavy (non-hydrogen) atoms. The molecule has 2 aromatic rings. The van der Waals surface area contributed by atoms with E-state index in [0.29, 0.717) is 31.1 Å². The molecular weight excluding hydrogens is 312 g/mol. The average Bonchev–Trinajstić information content (AvgIpc) is 2.57. The van der Waals surface area contributed by atoms with Crippen molar-refractivity contribution in [3.63, 3.8) is 0 Å². The van der Waals surface area contributed by atoms with Crippen molar-refractivity contribution in [2.24, 2.45) is 5.73 Å². The number of halogens is 2. The zero-order chi connectivity index (χ0) is 17.5. The lowest BCUT2D eigenvalue weighted by molar-refractivity contribution is 0.320. The molecule has 0 aliphatic rings. The maximum atomic E-state index is 14.0. The van der Waals surface area contributed by atoms with Crippen molar-refractivity contribution in [3.05, 3.63) is 59.2 Å². The molecule has 5 heteroatoms. The van der Waals surface area contributed by atoms with Crippen LogP contribution in [0.3, 0.4) is 0 Å². The van der Waals surface area contributed by atoms with Crippen molar-refractivity contribution in [2.45, 2.75) is 26.2 Å². The predicted octanol–water partition coefficient (Wildman–Crippen LogP) is 4.05. The summed E-state index contributed by atoms with van der Waals surface area (Å²) in [7, 11) is 0. The van der Waals surface area contributed by atoms with Crippen LogP contribution >= 0.6 is 0 Å². The monoisotopic (exact) mass is 335 g/mol. The summed E-state index contributed by atoms with van der Waals surface area (Å²) in [6.07, 6.45) is 0.457. The van der Waals surface area contributed by atoms with Gasteiger partial charge in [-0.15, -0.1) is 0 Å². The Kier molecular flexibility index (Phi) is 6.55. The molecule has 0 bridgehead atoms. The molecule has 0 aliphatic heterocycles. The molecule has 0 saturated carbocycles. The van der Waals surface area contributed by atoms with Crippen molar-refractivity contribution in [2.75, 3.05) is 19.8 Å². The number of hydrogen-bond acceptors (Lipinski definition) is 3. The highest BCUT2D eigenvalue weighted by Crippen LogP contribution is 2.31. The summed E-state index contributed by atoms with van der Waals surface area (Å²) >= 11 is 0. The van der Waals surface area contributed by atoms with E-state index >= 15 is 0 Å². The van der Waals surface area contributed by atoms with Gasteiger partial charge >= 0.3 is 0 Å². The molecule has 3 nitrogen and oxygen atoms in total. The van der Waals surface area contributed by atoms with Gasteiger partial charge in [0.1, 0.15) is 23.1 Å². The van der Waals surface area contributed by atoms with E-state index in [1.54, 1.807) is 0 Å². The van der Waals surface area contributed by atoms with Gasteiger partial charge in [0, 0.05) is 12.0 Å². The number of benzene rings is 2. The first-order valence-corrected chi connectivity index (χ1v) is 8.12. The van der Waals surface area contributed by atoms with E-state index in [9.17, 15) is 8.78 Å². The Labute approximate surface area is 141 Å². The van der Waals surface area contributed by atoms with E-state index in [1.165, 1.54) is 6.07 Å². The topological polar surface area (TPSA) is 44.5 Å². The molecule has 0 spiro atoms. The second-order valence-corrected chi connectivity index (χ2v) is 5.44. The normalized spacial score (nSPS) is 12.0. The van der Waals surface area contributed by atoms with Gasteiger partial charge in [-0.2, -0.15) is 0 Å². The molecule has 0 radical (unpaired) electrons.